The Bertz CT molecular complexity index is 545. The summed E-state index contributed by atoms with van der Waals surface area (Å²) < 4.78 is 2.52. The molecular weight excluding hydrogens is 256 g/mol. The van der Waals surface area contributed by atoms with Crippen LogP contribution in [0.15, 0.2) is 12.7 Å². The minimum atomic E-state index is -0.333. The van der Waals surface area contributed by atoms with E-state index in [1.807, 2.05) is 6.92 Å². The zero-order valence-corrected chi connectivity index (χ0v) is 12.0. The molecule has 2 heterocycles. The number of hydrogen-bond donors (Lipinski definition) is 0. The molecule has 0 aromatic carbocycles. The lowest BCUT2D eigenvalue weighted by atomic mass is 10.1. The van der Waals surface area contributed by atoms with Crippen molar-refractivity contribution in [1.29, 1.82) is 0 Å². The van der Waals surface area contributed by atoms with Crippen LogP contribution in [0.3, 0.4) is 0 Å². The van der Waals surface area contributed by atoms with Crippen LogP contribution < -0.4 is 0 Å². The molecule has 0 unspecified atom stereocenters. The lowest BCUT2D eigenvalue weighted by molar-refractivity contribution is 0.237. The molecule has 0 saturated heterocycles. The molecule has 7 nitrogen and oxygen atoms in total. The van der Waals surface area contributed by atoms with Gasteiger partial charge in [0.15, 0.2) is 5.82 Å². The minimum Gasteiger partial charge on any atom is -0.243 e. The zero-order chi connectivity index (χ0) is 14.4. The Labute approximate surface area is 118 Å². The Kier molecular flexibility index (Phi) is 4.97. The molecule has 2 aromatic heterocycles. The highest BCUT2D eigenvalue weighted by Gasteiger charge is 2.17. The Morgan fingerprint density at radius 3 is 2.75 bits per heavy atom. The summed E-state index contributed by atoms with van der Waals surface area (Å²) in [7, 11) is 0. The van der Waals surface area contributed by atoms with E-state index in [0.29, 0.717) is 18.1 Å². The average molecular weight is 276 g/mol. The summed E-state index contributed by atoms with van der Waals surface area (Å²) in [6.07, 6.45) is 8.71. The molecule has 0 saturated carbocycles. The molecule has 0 aliphatic carbocycles. The molecule has 0 amide bonds. The summed E-state index contributed by atoms with van der Waals surface area (Å²) in [5.41, 5.74) is 0. The second-order valence-corrected chi connectivity index (χ2v) is 4.64. The summed E-state index contributed by atoms with van der Waals surface area (Å²) in [5, 5.41) is 8.10. The van der Waals surface area contributed by atoms with Crippen molar-refractivity contribution >= 4 is 6.03 Å². The van der Waals surface area contributed by atoms with E-state index < -0.39 is 0 Å². The van der Waals surface area contributed by atoms with Crippen LogP contribution in [-0.2, 0) is 12.8 Å². The van der Waals surface area contributed by atoms with Gasteiger partial charge in [0.2, 0.25) is 0 Å². The third-order valence-corrected chi connectivity index (χ3v) is 3.08. The van der Waals surface area contributed by atoms with Gasteiger partial charge in [-0.1, -0.05) is 33.1 Å². The molecule has 20 heavy (non-hydrogen) atoms. The van der Waals surface area contributed by atoms with Gasteiger partial charge in [-0.2, -0.15) is 14.5 Å². The molecule has 0 spiro atoms. The van der Waals surface area contributed by atoms with Crippen molar-refractivity contribution in [2.45, 2.75) is 52.4 Å². The van der Waals surface area contributed by atoms with E-state index in [4.69, 9.17) is 0 Å². The molecule has 2 rings (SSSR count). The molecule has 0 aliphatic rings. The van der Waals surface area contributed by atoms with Crippen molar-refractivity contribution in [1.82, 2.24) is 29.5 Å². The van der Waals surface area contributed by atoms with Crippen LogP contribution in [0.2, 0.25) is 0 Å². The SMILES string of the molecule is CCCCCCc1nc(CC)nn1C(=O)n1cncn1. The first-order valence-electron chi connectivity index (χ1n) is 7.10. The van der Waals surface area contributed by atoms with Gasteiger partial charge in [-0.15, -0.1) is 5.10 Å². The summed E-state index contributed by atoms with van der Waals surface area (Å²) in [4.78, 5) is 20.5. The number of carbonyl (C=O) groups excluding carboxylic acids is 1. The van der Waals surface area contributed by atoms with Gasteiger partial charge in [-0.25, -0.2) is 14.8 Å². The van der Waals surface area contributed by atoms with E-state index in [1.54, 1.807) is 0 Å². The van der Waals surface area contributed by atoms with Crippen LogP contribution in [0.1, 0.15) is 51.2 Å². The van der Waals surface area contributed by atoms with Gasteiger partial charge in [-0.05, 0) is 6.42 Å². The number of hydrogen-bond acceptors (Lipinski definition) is 5. The summed E-state index contributed by atoms with van der Waals surface area (Å²) in [6, 6.07) is -0.333. The quantitative estimate of drug-likeness (QED) is 0.755. The van der Waals surface area contributed by atoms with E-state index in [0.717, 1.165) is 19.3 Å². The van der Waals surface area contributed by atoms with Crippen molar-refractivity contribution in [2.24, 2.45) is 0 Å². The van der Waals surface area contributed by atoms with Gasteiger partial charge in [0, 0.05) is 12.8 Å². The van der Waals surface area contributed by atoms with Gasteiger partial charge in [-0.3, -0.25) is 0 Å². The predicted molar refractivity (Wildman–Crippen MR) is 73.5 cm³/mol. The lowest BCUT2D eigenvalue weighted by Gasteiger charge is -2.03. The predicted octanol–water partition coefficient (Wildman–Crippen LogP) is 2.07. The monoisotopic (exact) mass is 276 g/mol. The molecule has 0 N–H and O–H groups in total. The maximum absolute atomic E-state index is 12.3. The second kappa shape index (κ2) is 6.93. The number of aryl methyl sites for hydroxylation is 2. The van der Waals surface area contributed by atoms with E-state index in [-0.39, 0.29) is 6.03 Å². The van der Waals surface area contributed by atoms with E-state index >= 15 is 0 Å². The van der Waals surface area contributed by atoms with E-state index in [9.17, 15) is 4.79 Å². The fraction of sp³-hybridized carbons (Fsp3) is 0.615. The fourth-order valence-corrected chi connectivity index (χ4v) is 1.97. The molecule has 2 aromatic rings. The van der Waals surface area contributed by atoms with Crippen LogP contribution in [0.4, 0.5) is 4.79 Å². The standard InChI is InChI=1S/C13H20N6O/c1-3-5-6-7-8-12-16-11(4-2)17-19(12)13(20)18-10-14-9-15-18/h9-10H,3-8H2,1-2H3. The number of rotatable bonds is 6. The smallest absolute Gasteiger partial charge is 0.243 e. The van der Waals surface area contributed by atoms with E-state index in [1.165, 1.54) is 34.9 Å². The first kappa shape index (κ1) is 14.4. The second-order valence-electron chi connectivity index (χ2n) is 4.64. The topological polar surface area (TPSA) is 78.5 Å². The van der Waals surface area contributed by atoms with Crippen molar-refractivity contribution < 1.29 is 4.79 Å². The number of aromatic nitrogens is 6. The first-order chi connectivity index (χ1) is 9.76. The Balaban J connectivity index is 2.14. The van der Waals surface area contributed by atoms with Crippen molar-refractivity contribution in [3.8, 4) is 0 Å². The summed E-state index contributed by atoms with van der Waals surface area (Å²) in [6.45, 7) is 4.15. The van der Waals surface area contributed by atoms with Crippen LogP contribution in [0.5, 0.6) is 0 Å². The van der Waals surface area contributed by atoms with Gasteiger partial charge in [0.25, 0.3) is 0 Å². The Morgan fingerprint density at radius 1 is 1.25 bits per heavy atom. The maximum atomic E-state index is 12.3. The lowest BCUT2D eigenvalue weighted by Crippen LogP contribution is -2.23. The Hall–Kier alpha value is -2.05. The molecule has 0 radical (unpaired) electrons. The van der Waals surface area contributed by atoms with Crippen LogP contribution in [-0.4, -0.2) is 35.6 Å². The van der Waals surface area contributed by atoms with E-state index in [2.05, 4.69) is 27.1 Å². The summed E-state index contributed by atoms with van der Waals surface area (Å²) in [5.74, 6) is 1.39. The number of unbranched alkanes of at least 4 members (excludes halogenated alkanes) is 3. The minimum absolute atomic E-state index is 0.333. The normalized spacial score (nSPS) is 10.9. The van der Waals surface area contributed by atoms with Gasteiger partial charge in [0.1, 0.15) is 18.5 Å². The third-order valence-electron chi connectivity index (χ3n) is 3.08. The van der Waals surface area contributed by atoms with Crippen LogP contribution in [0.25, 0.3) is 0 Å². The van der Waals surface area contributed by atoms with Gasteiger partial charge >= 0.3 is 6.03 Å². The summed E-state index contributed by atoms with van der Waals surface area (Å²) >= 11 is 0. The molecule has 108 valence electrons. The number of nitrogens with zero attached hydrogens (tertiary/aromatic N) is 6. The molecule has 0 atom stereocenters. The highest BCUT2D eigenvalue weighted by atomic mass is 16.2. The molecular formula is C13H20N6O. The van der Waals surface area contributed by atoms with Crippen molar-refractivity contribution in [3.05, 3.63) is 24.3 Å². The first-order valence-corrected chi connectivity index (χ1v) is 7.10. The highest BCUT2D eigenvalue weighted by Crippen LogP contribution is 2.08. The largest absolute Gasteiger partial charge is 0.372 e. The van der Waals surface area contributed by atoms with Crippen LogP contribution >= 0.6 is 0 Å². The molecule has 0 bridgehead atoms. The number of carbonyl (C=O) groups is 1. The molecule has 0 fully saturated rings. The third kappa shape index (κ3) is 3.28. The molecule has 0 aliphatic heterocycles. The maximum Gasteiger partial charge on any atom is 0.372 e. The fourth-order valence-electron chi connectivity index (χ4n) is 1.97. The molecule has 7 heteroatoms. The van der Waals surface area contributed by atoms with Gasteiger partial charge < -0.3 is 0 Å². The Morgan fingerprint density at radius 2 is 2.10 bits per heavy atom. The highest BCUT2D eigenvalue weighted by molar-refractivity contribution is 5.77. The van der Waals surface area contributed by atoms with Crippen LogP contribution in [0, 0.1) is 0 Å². The van der Waals surface area contributed by atoms with Crippen molar-refractivity contribution in [2.75, 3.05) is 0 Å². The zero-order valence-electron chi connectivity index (χ0n) is 12.0. The average Bonchev–Trinajstić information content (AvgIpc) is 3.12. The van der Waals surface area contributed by atoms with Crippen molar-refractivity contribution in [3.63, 3.8) is 0 Å². The van der Waals surface area contributed by atoms with Gasteiger partial charge in [0.05, 0.1) is 0 Å².